The number of hydrogen-bond donors (Lipinski definition) is 2. The fourth-order valence-electron chi connectivity index (χ4n) is 2.82. The van der Waals surface area contributed by atoms with Gasteiger partial charge in [0, 0.05) is 30.0 Å². The quantitative estimate of drug-likeness (QED) is 0.156. The summed E-state index contributed by atoms with van der Waals surface area (Å²) in [5.41, 5.74) is 1.03. The smallest absolute Gasteiger partial charge is 0.111 e. The molecule has 0 spiro atoms. The minimum atomic E-state index is -0.641. The molecule has 2 N–H and O–H groups in total. The summed E-state index contributed by atoms with van der Waals surface area (Å²) in [6.45, 7) is 7.15. The van der Waals surface area contributed by atoms with Gasteiger partial charge in [-0.25, -0.2) is 0 Å². The van der Waals surface area contributed by atoms with Crippen molar-refractivity contribution in [2.24, 2.45) is 0 Å². The lowest BCUT2D eigenvalue weighted by atomic mass is 9.99. The molecule has 0 aliphatic carbocycles. The van der Waals surface area contributed by atoms with Gasteiger partial charge >= 0.3 is 0 Å². The lowest BCUT2D eigenvalue weighted by Crippen LogP contribution is -2.36. The Balaban J connectivity index is 1.82. The minimum absolute atomic E-state index is 0.0351. The Morgan fingerprint density at radius 2 is 1.29 bits per heavy atom. The van der Waals surface area contributed by atoms with E-state index in [-0.39, 0.29) is 5.92 Å². The van der Waals surface area contributed by atoms with Gasteiger partial charge in [0.15, 0.2) is 0 Å². The molecular weight excluding hydrogens is 441 g/mol. The molecule has 31 heavy (non-hydrogen) atoms. The zero-order chi connectivity index (χ0) is 22.6. The molecule has 0 saturated carbocycles. The normalized spacial score (nSPS) is 13.4. The predicted molar refractivity (Wildman–Crippen MR) is 126 cm³/mol. The summed E-state index contributed by atoms with van der Waals surface area (Å²) in [6.07, 6.45) is 3.86. The predicted octanol–water partition coefficient (Wildman–Crippen LogP) is 4.22. The summed E-state index contributed by atoms with van der Waals surface area (Å²) in [6, 6.07) is 7.51. The Morgan fingerprint density at radius 3 is 1.87 bits per heavy atom. The third-order valence-corrected chi connectivity index (χ3v) is 5.28. The van der Waals surface area contributed by atoms with Crippen LogP contribution in [-0.2, 0) is 18.9 Å². The molecule has 2 unspecified atom stereocenters. The van der Waals surface area contributed by atoms with Crippen LogP contribution in [0.5, 0.6) is 0 Å². The highest BCUT2D eigenvalue weighted by Gasteiger charge is 2.15. The zero-order valence-corrected chi connectivity index (χ0v) is 20.2. The van der Waals surface area contributed by atoms with Crippen molar-refractivity contribution < 1.29 is 24.1 Å². The van der Waals surface area contributed by atoms with Crippen LogP contribution >= 0.6 is 23.2 Å². The Morgan fingerprint density at radius 1 is 0.774 bits per heavy atom. The van der Waals surface area contributed by atoms with E-state index in [1.165, 1.54) is 12.8 Å². The van der Waals surface area contributed by atoms with Crippen LogP contribution in [0.2, 0.25) is 5.02 Å². The highest BCUT2D eigenvalue weighted by atomic mass is 35.5. The molecule has 0 saturated heterocycles. The van der Waals surface area contributed by atoms with Gasteiger partial charge in [-0.05, 0) is 30.5 Å². The van der Waals surface area contributed by atoms with Gasteiger partial charge < -0.3 is 24.1 Å². The first-order valence-electron chi connectivity index (χ1n) is 11.2. The third-order valence-electron chi connectivity index (χ3n) is 4.76. The van der Waals surface area contributed by atoms with E-state index >= 15 is 0 Å². The number of aliphatic hydroxyl groups excluding tert-OH is 1. The molecule has 0 bridgehead atoms. The van der Waals surface area contributed by atoms with Gasteiger partial charge in [-0.1, -0.05) is 43.5 Å². The first-order valence-corrected chi connectivity index (χ1v) is 12.1. The van der Waals surface area contributed by atoms with Gasteiger partial charge in [-0.3, -0.25) is 5.32 Å². The summed E-state index contributed by atoms with van der Waals surface area (Å²) in [5.74, 6) is 0.710. The molecule has 180 valence electrons. The Hall–Kier alpha value is -0.440. The van der Waals surface area contributed by atoms with Crippen LogP contribution in [0.25, 0.3) is 0 Å². The van der Waals surface area contributed by atoms with Crippen LogP contribution in [0.3, 0.4) is 0 Å². The molecule has 0 heterocycles. The van der Waals surface area contributed by atoms with Gasteiger partial charge in [0.05, 0.1) is 46.2 Å². The summed E-state index contributed by atoms with van der Waals surface area (Å²) in [5, 5.41) is 14.0. The van der Waals surface area contributed by atoms with Crippen molar-refractivity contribution in [3.8, 4) is 0 Å². The number of alkyl halides is 1. The average molecular weight is 480 g/mol. The Kier molecular flexibility index (Phi) is 18.6. The fourth-order valence-corrected chi connectivity index (χ4v) is 3.13. The van der Waals surface area contributed by atoms with Gasteiger partial charge in [-0.15, -0.1) is 11.6 Å². The molecule has 0 fully saturated rings. The standard InChI is InChI=1S/C23H39Cl2NO5/c1-20(21-6-8-22(25)9-7-21)23(27)26-11-13-29-15-17-31-19-18-30-16-14-28-12-5-3-2-4-10-24/h6-9,20,23,26-27H,2-5,10-19H2,1H3. The Bertz CT molecular complexity index is 521. The monoisotopic (exact) mass is 479 g/mol. The molecule has 1 aromatic rings. The summed E-state index contributed by atoms with van der Waals surface area (Å²) >= 11 is 11.5. The van der Waals surface area contributed by atoms with Crippen molar-refractivity contribution in [2.45, 2.75) is 44.8 Å². The maximum Gasteiger partial charge on any atom is 0.111 e. The van der Waals surface area contributed by atoms with Crippen molar-refractivity contribution in [1.29, 1.82) is 0 Å². The van der Waals surface area contributed by atoms with E-state index < -0.39 is 6.23 Å². The second-order valence-corrected chi connectivity index (χ2v) is 8.11. The zero-order valence-electron chi connectivity index (χ0n) is 18.7. The average Bonchev–Trinajstić information content (AvgIpc) is 2.78. The summed E-state index contributed by atoms with van der Waals surface area (Å²) in [7, 11) is 0. The van der Waals surface area contributed by atoms with Crippen molar-refractivity contribution in [2.75, 3.05) is 65.3 Å². The van der Waals surface area contributed by atoms with Crippen LogP contribution in [0.4, 0.5) is 0 Å². The van der Waals surface area contributed by atoms with Crippen LogP contribution in [0, 0.1) is 0 Å². The van der Waals surface area contributed by atoms with Gasteiger partial charge in [0.1, 0.15) is 6.23 Å². The number of ether oxygens (including phenoxy) is 4. The van der Waals surface area contributed by atoms with Gasteiger partial charge in [0.2, 0.25) is 0 Å². The fraction of sp³-hybridized carbons (Fsp3) is 0.739. The molecule has 1 aromatic carbocycles. The van der Waals surface area contributed by atoms with Gasteiger partial charge in [-0.2, -0.15) is 0 Å². The molecule has 0 aliphatic rings. The minimum Gasteiger partial charge on any atom is -0.379 e. The number of benzene rings is 1. The molecular formula is C23H39Cl2NO5. The van der Waals surface area contributed by atoms with Crippen molar-refractivity contribution in [3.05, 3.63) is 34.9 Å². The maximum atomic E-state index is 10.2. The van der Waals surface area contributed by atoms with E-state index in [2.05, 4.69) is 5.32 Å². The van der Waals surface area contributed by atoms with Crippen molar-refractivity contribution >= 4 is 23.2 Å². The van der Waals surface area contributed by atoms with E-state index in [9.17, 15) is 5.11 Å². The number of nitrogens with one attached hydrogen (secondary N) is 1. The number of hydrogen-bond acceptors (Lipinski definition) is 6. The lowest BCUT2D eigenvalue weighted by Gasteiger charge is -2.20. The van der Waals surface area contributed by atoms with E-state index in [4.69, 9.17) is 42.1 Å². The largest absolute Gasteiger partial charge is 0.379 e. The van der Waals surface area contributed by atoms with E-state index in [1.807, 2.05) is 31.2 Å². The summed E-state index contributed by atoms with van der Waals surface area (Å²) in [4.78, 5) is 0. The van der Waals surface area contributed by atoms with Crippen LogP contribution in [-0.4, -0.2) is 76.6 Å². The van der Waals surface area contributed by atoms with Crippen molar-refractivity contribution in [1.82, 2.24) is 5.32 Å². The second kappa shape index (κ2) is 20.2. The Labute approximate surface area is 197 Å². The first-order chi connectivity index (χ1) is 15.1. The number of unbranched alkanes of at least 4 members (excludes halogenated alkanes) is 3. The third kappa shape index (κ3) is 15.9. The summed E-state index contributed by atoms with van der Waals surface area (Å²) < 4.78 is 21.9. The number of halogens is 2. The molecule has 0 aromatic heterocycles. The number of aliphatic hydroxyl groups is 1. The molecule has 1 rings (SSSR count). The van der Waals surface area contributed by atoms with Gasteiger partial charge in [0.25, 0.3) is 0 Å². The molecule has 0 radical (unpaired) electrons. The van der Waals surface area contributed by atoms with E-state index in [1.54, 1.807) is 0 Å². The number of rotatable bonds is 21. The highest BCUT2D eigenvalue weighted by Crippen LogP contribution is 2.20. The van der Waals surface area contributed by atoms with E-state index in [0.717, 1.165) is 30.9 Å². The highest BCUT2D eigenvalue weighted by molar-refractivity contribution is 6.30. The van der Waals surface area contributed by atoms with Crippen molar-refractivity contribution in [3.63, 3.8) is 0 Å². The lowest BCUT2D eigenvalue weighted by molar-refractivity contribution is -0.00302. The van der Waals surface area contributed by atoms with E-state index in [0.29, 0.717) is 57.8 Å². The maximum absolute atomic E-state index is 10.2. The molecule has 6 nitrogen and oxygen atoms in total. The topological polar surface area (TPSA) is 69.2 Å². The molecule has 0 amide bonds. The first kappa shape index (κ1) is 28.6. The van der Waals surface area contributed by atoms with Crippen LogP contribution < -0.4 is 5.32 Å². The molecule has 8 heteroatoms. The second-order valence-electron chi connectivity index (χ2n) is 7.29. The molecule has 2 atom stereocenters. The SMILES string of the molecule is CC(c1ccc(Cl)cc1)C(O)NCCOCCOCCOCCOCCCCCCCl. The van der Waals surface area contributed by atoms with Crippen LogP contribution in [0.15, 0.2) is 24.3 Å². The van der Waals surface area contributed by atoms with Crippen LogP contribution in [0.1, 0.15) is 44.1 Å². The molecule has 0 aliphatic heterocycles.